The van der Waals surface area contributed by atoms with Crippen molar-refractivity contribution in [3.63, 3.8) is 0 Å². The van der Waals surface area contributed by atoms with Crippen molar-refractivity contribution in [1.29, 1.82) is 5.41 Å². The lowest BCUT2D eigenvalue weighted by molar-refractivity contribution is 0.985. The zero-order valence-corrected chi connectivity index (χ0v) is 29.2. The fraction of sp³-hybridized carbons (Fsp3) is 0.0816. The molecule has 0 heterocycles. The number of anilines is 1. The van der Waals surface area contributed by atoms with Crippen LogP contribution in [0.5, 0.6) is 0 Å². The highest BCUT2D eigenvalue weighted by Gasteiger charge is 2.31. The van der Waals surface area contributed by atoms with Crippen molar-refractivity contribution >= 4 is 38.5 Å². The van der Waals surface area contributed by atoms with Crippen LogP contribution in [-0.2, 0) is 0 Å². The lowest BCUT2D eigenvalue weighted by Gasteiger charge is -2.21. The molecule has 0 unspecified atom stereocenters. The molecule has 1 aliphatic rings. The van der Waals surface area contributed by atoms with Crippen LogP contribution >= 0.6 is 0 Å². The quantitative estimate of drug-likeness (QED) is 0.115. The second-order valence-corrected chi connectivity index (χ2v) is 13.2. The summed E-state index contributed by atoms with van der Waals surface area (Å²) in [5.41, 5.74) is 15.0. The molecule has 0 atom stereocenters. The van der Waals surface area contributed by atoms with Crippen molar-refractivity contribution in [2.24, 2.45) is 0 Å². The zero-order valence-electron chi connectivity index (χ0n) is 29.2. The summed E-state index contributed by atoms with van der Waals surface area (Å²) in [7, 11) is 2.08. The summed E-state index contributed by atoms with van der Waals surface area (Å²) in [4.78, 5) is 2.16. The van der Waals surface area contributed by atoms with Gasteiger partial charge >= 0.3 is 0 Å². The van der Waals surface area contributed by atoms with Crippen molar-refractivity contribution in [3.8, 4) is 44.5 Å². The van der Waals surface area contributed by atoms with Crippen molar-refractivity contribution in [2.75, 3.05) is 11.9 Å². The molecule has 2 nitrogen and oxygen atoms in total. The third kappa shape index (κ3) is 5.50. The molecule has 246 valence electrons. The maximum absolute atomic E-state index is 8.78. The minimum Gasteiger partial charge on any atom is -0.350 e. The second kappa shape index (κ2) is 13.6. The molecule has 2 heteroatoms. The molecule has 0 bridgehead atoms. The molecule has 0 saturated carbocycles. The molecule has 7 aromatic rings. The standard InChI is InChI=1S/C49H40N2/c1-4-6-19-35(32-51(3)44-29-16-15-26-40(44)43(50)18-5-2)36-30-31-42-47-37(36)27-17-28-41(47)48-45(33-20-9-7-10-21-33)38-24-13-14-25-39(38)46(49(42)48)34-22-11-8-12-23-34/h4,6-17,19-32,50H,1,5,18H2,2-3H3/b19-6-,35-32+,50-43?. The number of para-hydroxylation sites is 1. The molecule has 0 fully saturated rings. The van der Waals surface area contributed by atoms with Gasteiger partial charge in [-0.05, 0) is 89.7 Å². The summed E-state index contributed by atoms with van der Waals surface area (Å²) in [5.74, 6) is 0. The highest BCUT2D eigenvalue weighted by Crippen LogP contribution is 2.58. The van der Waals surface area contributed by atoms with E-state index in [-0.39, 0.29) is 0 Å². The first-order valence-electron chi connectivity index (χ1n) is 17.8. The monoisotopic (exact) mass is 656 g/mol. The highest BCUT2D eigenvalue weighted by atomic mass is 15.1. The van der Waals surface area contributed by atoms with E-state index in [1.54, 1.807) is 0 Å². The van der Waals surface area contributed by atoms with E-state index < -0.39 is 0 Å². The van der Waals surface area contributed by atoms with Crippen LogP contribution in [-0.4, -0.2) is 12.8 Å². The van der Waals surface area contributed by atoms with E-state index >= 15 is 0 Å². The van der Waals surface area contributed by atoms with Crippen molar-refractivity contribution in [3.05, 3.63) is 182 Å². The maximum atomic E-state index is 8.78. The molecule has 0 radical (unpaired) electrons. The Morgan fingerprint density at radius 1 is 0.608 bits per heavy atom. The predicted molar refractivity (Wildman–Crippen MR) is 221 cm³/mol. The number of nitrogens with zero attached hydrogens (tertiary/aromatic N) is 1. The van der Waals surface area contributed by atoms with Crippen LogP contribution in [0.4, 0.5) is 5.69 Å². The lowest BCUT2D eigenvalue weighted by Crippen LogP contribution is -2.14. The predicted octanol–water partition coefficient (Wildman–Crippen LogP) is 13.4. The number of rotatable bonds is 10. The Labute approximate surface area is 300 Å². The Bertz CT molecular complexity index is 2430. The average Bonchev–Trinajstić information content (AvgIpc) is 3.51. The molecular formula is C49H40N2. The average molecular weight is 657 g/mol. The van der Waals surface area contributed by atoms with E-state index in [4.69, 9.17) is 5.41 Å². The molecule has 0 amide bonds. The first kappa shape index (κ1) is 32.0. The van der Waals surface area contributed by atoms with Gasteiger partial charge in [0.2, 0.25) is 0 Å². The van der Waals surface area contributed by atoms with Crippen LogP contribution in [0.2, 0.25) is 0 Å². The van der Waals surface area contributed by atoms with Gasteiger partial charge in [-0.25, -0.2) is 0 Å². The molecular weight excluding hydrogens is 617 g/mol. The van der Waals surface area contributed by atoms with E-state index in [2.05, 4.69) is 171 Å². The van der Waals surface area contributed by atoms with Gasteiger partial charge in [-0.3, -0.25) is 0 Å². The minimum atomic E-state index is 0.662. The maximum Gasteiger partial charge on any atom is 0.0495 e. The van der Waals surface area contributed by atoms with Crippen LogP contribution in [0.1, 0.15) is 30.9 Å². The van der Waals surface area contributed by atoms with E-state index in [1.807, 2.05) is 18.2 Å². The zero-order chi connectivity index (χ0) is 34.9. The van der Waals surface area contributed by atoms with Gasteiger partial charge in [0.25, 0.3) is 0 Å². The molecule has 51 heavy (non-hydrogen) atoms. The third-order valence-electron chi connectivity index (χ3n) is 10.1. The van der Waals surface area contributed by atoms with E-state index in [0.29, 0.717) is 5.71 Å². The van der Waals surface area contributed by atoms with Crippen LogP contribution in [0.25, 0.3) is 71.6 Å². The first-order valence-corrected chi connectivity index (χ1v) is 17.8. The lowest BCUT2D eigenvalue weighted by atomic mass is 9.82. The van der Waals surface area contributed by atoms with Crippen LogP contribution in [0.3, 0.4) is 0 Å². The van der Waals surface area contributed by atoms with Gasteiger partial charge in [0.05, 0.1) is 0 Å². The molecule has 0 saturated heterocycles. The molecule has 1 N–H and O–H groups in total. The Morgan fingerprint density at radius 2 is 1.18 bits per heavy atom. The number of hydrogen-bond acceptors (Lipinski definition) is 2. The summed E-state index contributed by atoms with van der Waals surface area (Å²) in [5, 5.41) is 13.8. The third-order valence-corrected chi connectivity index (χ3v) is 10.1. The van der Waals surface area contributed by atoms with Gasteiger partial charge in [-0.15, -0.1) is 0 Å². The number of hydrogen-bond donors (Lipinski definition) is 1. The van der Waals surface area contributed by atoms with Gasteiger partial charge in [-0.2, -0.15) is 0 Å². The Balaban J connectivity index is 1.41. The van der Waals surface area contributed by atoms with Crippen molar-refractivity contribution in [1.82, 2.24) is 0 Å². The molecule has 7 aromatic carbocycles. The minimum absolute atomic E-state index is 0.662. The fourth-order valence-corrected chi connectivity index (χ4v) is 7.93. The molecule has 0 aromatic heterocycles. The normalized spacial score (nSPS) is 12.1. The van der Waals surface area contributed by atoms with Crippen LogP contribution in [0.15, 0.2) is 171 Å². The Morgan fingerprint density at radius 3 is 1.80 bits per heavy atom. The number of fused-ring (bicyclic) bond motifs is 4. The largest absolute Gasteiger partial charge is 0.350 e. The Kier molecular flexibility index (Phi) is 8.51. The van der Waals surface area contributed by atoms with Gasteiger partial charge in [0, 0.05) is 30.2 Å². The Hall–Kier alpha value is -6.25. The highest BCUT2D eigenvalue weighted by molar-refractivity contribution is 6.28. The van der Waals surface area contributed by atoms with E-state index in [0.717, 1.165) is 35.2 Å². The van der Waals surface area contributed by atoms with E-state index in [9.17, 15) is 0 Å². The fourth-order valence-electron chi connectivity index (χ4n) is 7.93. The van der Waals surface area contributed by atoms with Crippen LogP contribution < -0.4 is 4.90 Å². The SMILES string of the molecule is C=C/C=C\C(=C/N(C)c1ccccc1C(=N)CCC)c1ccc2c3c(cccc13)-c1c-2c(-c2ccccc2)c2ccccc2c1-c1ccccc1. The smallest absolute Gasteiger partial charge is 0.0495 e. The van der Waals surface area contributed by atoms with Gasteiger partial charge < -0.3 is 10.3 Å². The van der Waals surface area contributed by atoms with Gasteiger partial charge in [-0.1, -0.05) is 172 Å². The number of allylic oxidation sites excluding steroid dienone is 4. The van der Waals surface area contributed by atoms with Crippen LogP contribution in [0, 0.1) is 5.41 Å². The van der Waals surface area contributed by atoms with Gasteiger partial charge in [0.15, 0.2) is 0 Å². The molecule has 0 aliphatic heterocycles. The van der Waals surface area contributed by atoms with Crippen molar-refractivity contribution in [2.45, 2.75) is 19.8 Å². The summed E-state index contributed by atoms with van der Waals surface area (Å²) >= 11 is 0. The molecule has 0 spiro atoms. The molecule has 8 rings (SSSR count). The summed E-state index contributed by atoms with van der Waals surface area (Å²) in [6.07, 6.45) is 9.88. The summed E-state index contributed by atoms with van der Waals surface area (Å²) in [6.45, 7) is 6.12. The topological polar surface area (TPSA) is 27.1 Å². The molecule has 1 aliphatic carbocycles. The second-order valence-electron chi connectivity index (χ2n) is 13.2. The number of nitrogens with one attached hydrogen (secondary N) is 1. The summed E-state index contributed by atoms with van der Waals surface area (Å²) < 4.78 is 0. The number of benzene rings is 7. The van der Waals surface area contributed by atoms with E-state index in [1.165, 1.54) is 66.1 Å². The first-order chi connectivity index (χ1) is 25.1. The van der Waals surface area contributed by atoms with Gasteiger partial charge in [0.1, 0.15) is 0 Å². The summed E-state index contributed by atoms with van der Waals surface area (Å²) in [6, 6.07) is 50.3. The van der Waals surface area contributed by atoms with Crippen molar-refractivity contribution < 1.29 is 0 Å².